The highest BCUT2D eigenvalue weighted by atomic mass is 32.2. The molecule has 7 nitrogen and oxygen atoms in total. The highest BCUT2D eigenvalue weighted by Gasteiger charge is 2.17. The summed E-state index contributed by atoms with van der Waals surface area (Å²) in [6.45, 7) is 1.77. The molecule has 2 rings (SSSR count). The molecule has 1 aromatic carbocycles. The topological polar surface area (TPSA) is 90.3 Å². The van der Waals surface area contributed by atoms with Gasteiger partial charge in [-0.3, -0.25) is 9.40 Å². The number of anilines is 1. The van der Waals surface area contributed by atoms with E-state index in [0.29, 0.717) is 11.5 Å². The van der Waals surface area contributed by atoms with Crippen molar-refractivity contribution in [3.63, 3.8) is 0 Å². The van der Waals surface area contributed by atoms with E-state index in [1.54, 1.807) is 20.0 Å². The lowest BCUT2D eigenvalue weighted by atomic mass is 10.2. The molecule has 21 heavy (non-hydrogen) atoms. The van der Waals surface area contributed by atoms with Crippen LogP contribution in [0, 0.1) is 6.92 Å². The van der Waals surface area contributed by atoms with Gasteiger partial charge in [0.05, 0.1) is 23.3 Å². The molecule has 8 heteroatoms. The molecule has 2 aromatic rings. The standard InChI is InChI=1S/C13H15N3O4S/c1-9-8-12(16(2)14-9)15-21(18,19)11-6-4-10(5-7-11)13(17)20-3/h4-8,15H,1-3H3. The van der Waals surface area contributed by atoms with Gasteiger partial charge < -0.3 is 4.74 Å². The van der Waals surface area contributed by atoms with Crippen molar-refractivity contribution in [3.8, 4) is 0 Å². The molecule has 0 aliphatic heterocycles. The minimum Gasteiger partial charge on any atom is -0.465 e. The number of ether oxygens (including phenoxy) is 1. The molecule has 0 bridgehead atoms. The van der Waals surface area contributed by atoms with Gasteiger partial charge in [-0.2, -0.15) is 5.10 Å². The number of nitrogens with zero attached hydrogens (tertiary/aromatic N) is 2. The molecule has 0 saturated carbocycles. The monoisotopic (exact) mass is 309 g/mol. The fourth-order valence-electron chi connectivity index (χ4n) is 1.79. The Bertz CT molecular complexity index is 763. The van der Waals surface area contributed by atoms with E-state index in [2.05, 4.69) is 14.6 Å². The second kappa shape index (κ2) is 5.57. The number of aryl methyl sites for hydroxylation is 2. The smallest absolute Gasteiger partial charge is 0.337 e. The van der Waals surface area contributed by atoms with Crippen molar-refractivity contribution in [1.29, 1.82) is 0 Å². The normalized spacial score (nSPS) is 11.2. The zero-order valence-electron chi connectivity index (χ0n) is 11.8. The zero-order chi connectivity index (χ0) is 15.6. The predicted octanol–water partition coefficient (Wildman–Crippen LogP) is 1.32. The summed E-state index contributed by atoms with van der Waals surface area (Å²) >= 11 is 0. The second-order valence-corrected chi connectivity index (χ2v) is 6.10. The number of methoxy groups -OCH3 is 1. The molecular formula is C13H15N3O4S. The van der Waals surface area contributed by atoms with Gasteiger partial charge in [0.15, 0.2) is 0 Å². The van der Waals surface area contributed by atoms with E-state index in [-0.39, 0.29) is 10.5 Å². The lowest BCUT2D eigenvalue weighted by Gasteiger charge is -2.08. The first-order valence-corrected chi connectivity index (χ1v) is 7.53. The van der Waals surface area contributed by atoms with E-state index in [0.717, 1.165) is 0 Å². The number of nitrogens with one attached hydrogen (secondary N) is 1. The number of sulfonamides is 1. The van der Waals surface area contributed by atoms with Crippen LogP contribution in [-0.4, -0.2) is 31.3 Å². The number of aromatic nitrogens is 2. The first-order valence-electron chi connectivity index (χ1n) is 6.05. The Morgan fingerprint density at radius 2 is 1.90 bits per heavy atom. The van der Waals surface area contributed by atoms with Gasteiger partial charge in [-0.15, -0.1) is 0 Å². The van der Waals surface area contributed by atoms with Crippen LogP contribution in [-0.2, 0) is 21.8 Å². The average molecular weight is 309 g/mol. The van der Waals surface area contributed by atoms with Gasteiger partial charge in [-0.1, -0.05) is 0 Å². The second-order valence-electron chi connectivity index (χ2n) is 4.42. The summed E-state index contributed by atoms with van der Waals surface area (Å²) < 4.78 is 32.9. The van der Waals surface area contributed by atoms with Gasteiger partial charge in [-0.25, -0.2) is 13.2 Å². The Morgan fingerprint density at radius 3 is 2.38 bits per heavy atom. The Morgan fingerprint density at radius 1 is 1.29 bits per heavy atom. The van der Waals surface area contributed by atoms with Gasteiger partial charge in [0.1, 0.15) is 5.82 Å². The fraction of sp³-hybridized carbons (Fsp3) is 0.231. The molecule has 112 valence electrons. The van der Waals surface area contributed by atoms with Gasteiger partial charge in [0.2, 0.25) is 0 Å². The van der Waals surface area contributed by atoms with Crippen LogP contribution >= 0.6 is 0 Å². The minimum atomic E-state index is -3.73. The fourth-order valence-corrected chi connectivity index (χ4v) is 2.87. The number of hydrogen-bond acceptors (Lipinski definition) is 5. The first kappa shape index (κ1) is 15.0. The zero-order valence-corrected chi connectivity index (χ0v) is 12.6. The van der Waals surface area contributed by atoms with Gasteiger partial charge in [0.25, 0.3) is 10.0 Å². The minimum absolute atomic E-state index is 0.0500. The van der Waals surface area contributed by atoms with Crippen molar-refractivity contribution >= 4 is 21.8 Å². The van der Waals surface area contributed by atoms with Gasteiger partial charge in [0, 0.05) is 13.1 Å². The molecule has 1 aromatic heterocycles. The Balaban J connectivity index is 2.27. The molecule has 0 radical (unpaired) electrons. The molecule has 0 amide bonds. The van der Waals surface area contributed by atoms with E-state index in [9.17, 15) is 13.2 Å². The van der Waals surface area contributed by atoms with E-state index in [4.69, 9.17) is 0 Å². The average Bonchev–Trinajstić information content (AvgIpc) is 2.75. The summed E-state index contributed by atoms with van der Waals surface area (Å²) in [7, 11) is -0.827. The number of rotatable bonds is 4. The molecule has 0 fully saturated rings. The van der Waals surface area contributed by atoms with Crippen LogP contribution in [0.25, 0.3) is 0 Å². The maximum Gasteiger partial charge on any atom is 0.337 e. The Labute approximate surface area is 122 Å². The Kier molecular flexibility index (Phi) is 3.99. The van der Waals surface area contributed by atoms with Crippen LogP contribution in [0.5, 0.6) is 0 Å². The van der Waals surface area contributed by atoms with E-state index < -0.39 is 16.0 Å². The molecular weight excluding hydrogens is 294 g/mol. The van der Waals surface area contributed by atoms with Crippen molar-refractivity contribution < 1.29 is 17.9 Å². The Hall–Kier alpha value is -2.35. The van der Waals surface area contributed by atoms with Crippen LogP contribution in [0.4, 0.5) is 5.82 Å². The van der Waals surface area contributed by atoms with E-state index >= 15 is 0 Å². The van der Waals surface area contributed by atoms with E-state index in [1.165, 1.54) is 36.1 Å². The summed E-state index contributed by atoms with van der Waals surface area (Å²) in [6, 6.07) is 7.11. The van der Waals surface area contributed by atoms with Crippen LogP contribution < -0.4 is 4.72 Å². The molecule has 0 aliphatic rings. The maximum atomic E-state index is 12.2. The summed E-state index contributed by atoms with van der Waals surface area (Å²) in [5.74, 6) is -0.154. The highest BCUT2D eigenvalue weighted by Crippen LogP contribution is 2.17. The molecule has 0 atom stereocenters. The van der Waals surface area contributed by atoms with E-state index in [1.807, 2.05) is 0 Å². The van der Waals surface area contributed by atoms with Crippen molar-refractivity contribution in [2.24, 2.45) is 7.05 Å². The number of hydrogen-bond donors (Lipinski definition) is 1. The molecule has 0 saturated heterocycles. The lowest BCUT2D eigenvalue weighted by molar-refractivity contribution is 0.0600. The first-order chi connectivity index (χ1) is 9.83. The predicted molar refractivity (Wildman–Crippen MR) is 76.5 cm³/mol. The number of esters is 1. The molecule has 0 aliphatic carbocycles. The maximum absolute atomic E-state index is 12.2. The number of carbonyl (C=O) groups is 1. The van der Waals surface area contributed by atoms with Crippen molar-refractivity contribution in [2.75, 3.05) is 11.8 Å². The summed E-state index contributed by atoms with van der Waals surface area (Å²) in [6.07, 6.45) is 0. The summed E-state index contributed by atoms with van der Waals surface area (Å²) in [5.41, 5.74) is 0.990. The largest absolute Gasteiger partial charge is 0.465 e. The van der Waals surface area contributed by atoms with Crippen molar-refractivity contribution in [1.82, 2.24) is 9.78 Å². The van der Waals surface area contributed by atoms with Crippen LogP contribution in [0.1, 0.15) is 16.1 Å². The van der Waals surface area contributed by atoms with Crippen molar-refractivity contribution in [2.45, 2.75) is 11.8 Å². The van der Waals surface area contributed by atoms with Crippen LogP contribution in [0.2, 0.25) is 0 Å². The summed E-state index contributed by atoms with van der Waals surface area (Å²) in [4.78, 5) is 11.4. The van der Waals surface area contributed by atoms with Crippen molar-refractivity contribution in [3.05, 3.63) is 41.6 Å². The third-order valence-corrected chi connectivity index (χ3v) is 4.20. The van der Waals surface area contributed by atoms with Gasteiger partial charge >= 0.3 is 5.97 Å². The molecule has 1 N–H and O–H groups in total. The van der Waals surface area contributed by atoms with Gasteiger partial charge in [-0.05, 0) is 31.2 Å². The van der Waals surface area contributed by atoms with Crippen LogP contribution in [0.3, 0.4) is 0 Å². The quantitative estimate of drug-likeness (QED) is 0.860. The third kappa shape index (κ3) is 3.22. The lowest BCUT2D eigenvalue weighted by Crippen LogP contribution is -2.15. The molecule has 0 spiro atoms. The summed E-state index contributed by atoms with van der Waals surface area (Å²) in [5, 5.41) is 4.07. The SMILES string of the molecule is COC(=O)c1ccc(S(=O)(=O)Nc2cc(C)nn2C)cc1. The van der Waals surface area contributed by atoms with Crippen LogP contribution in [0.15, 0.2) is 35.2 Å². The third-order valence-electron chi connectivity index (χ3n) is 2.83. The number of benzene rings is 1. The molecule has 0 unspecified atom stereocenters. The number of carbonyl (C=O) groups excluding carboxylic acids is 1. The highest BCUT2D eigenvalue weighted by molar-refractivity contribution is 7.92. The molecule has 1 heterocycles.